The topological polar surface area (TPSA) is 116 Å². The third kappa shape index (κ3) is 5.61. The lowest BCUT2D eigenvalue weighted by atomic mass is 9.99. The maximum absolute atomic E-state index is 12.2. The molecule has 35 heavy (non-hydrogen) atoms. The van der Waals surface area contributed by atoms with Gasteiger partial charge in [-0.2, -0.15) is 9.29 Å². The number of anilines is 4. The standard InChI is InChI=1S/C24H25ClN6O3S/c1-15-14-31(35(3,33)34)11-10-16-8-9-17(12-19(15)16)28-24-27-13-20(25)22(30-24)29-21-7-5-4-6-18(21)23(32)26-2/h4-9,12-13H,1,10-11,14H2,2-3H3,(H,26,32)(H2,27,28,29,30). The highest BCUT2D eigenvalue weighted by Gasteiger charge is 2.23. The van der Waals surface area contributed by atoms with Gasteiger partial charge in [-0.1, -0.05) is 36.4 Å². The van der Waals surface area contributed by atoms with Crippen molar-refractivity contribution in [1.82, 2.24) is 19.6 Å². The quantitative estimate of drug-likeness (QED) is 0.460. The van der Waals surface area contributed by atoms with Crippen LogP contribution in [-0.4, -0.2) is 55.0 Å². The molecule has 1 aliphatic rings. The second-order valence-corrected chi connectivity index (χ2v) is 10.5. The maximum Gasteiger partial charge on any atom is 0.253 e. The zero-order valence-electron chi connectivity index (χ0n) is 19.3. The van der Waals surface area contributed by atoms with E-state index in [0.29, 0.717) is 41.0 Å². The largest absolute Gasteiger partial charge is 0.355 e. The molecule has 0 saturated carbocycles. The molecular formula is C24H25ClN6O3S. The van der Waals surface area contributed by atoms with Crippen LogP contribution in [0, 0.1) is 0 Å². The van der Waals surface area contributed by atoms with Crippen LogP contribution in [0.1, 0.15) is 21.5 Å². The van der Waals surface area contributed by atoms with Crippen LogP contribution in [0.3, 0.4) is 0 Å². The second kappa shape index (κ2) is 10.0. The maximum atomic E-state index is 12.2. The molecule has 2 aromatic carbocycles. The van der Waals surface area contributed by atoms with E-state index >= 15 is 0 Å². The van der Waals surface area contributed by atoms with Crippen molar-refractivity contribution in [3.8, 4) is 0 Å². The summed E-state index contributed by atoms with van der Waals surface area (Å²) in [5, 5.41) is 9.17. The number of halogens is 1. The van der Waals surface area contributed by atoms with E-state index in [9.17, 15) is 13.2 Å². The summed E-state index contributed by atoms with van der Waals surface area (Å²) < 4.78 is 25.5. The van der Waals surface area contributed by atoms with Gasteiger partial charge in [0.25, 0.3) is 5.91 Å². The number of carbonyl (C=O) groups is 1. The third-order valence-electron chi connectivity index (χ3n) is 5.61. The van der Waals surface area contributed by atoms with Crippen molar-refractivity contribution in [3.05, 3.63) is 77.0 Å². The summed E-state index contributed by atoms with van der Waals surface area (Å²) in [6.45, 7) is 4.75. The molecule has 0 fully saturated rings. The third-order valence-corrected chi connectivity index (χ3v) is 7.14. The summed E-state index contributed by atoms with van der Waals surface area (Å²) >= 11 is 6.32. The van der Waals surface area contributed by atoms with E-state index in [0.717, 1.165) is 22.4 Å². The van der Waals surface area contributed by atoms with Crippen molar-refractivity contribution in [3.63, 3.8) is 0 Å². The first kappa shape index (κ1) is 24.6. The molecule has 0 spiro atoms. The van der Waals surface area contributed by atoms with Crippen molar-refractivity contribution in [2.45, 2.75) is 6.42 Å². The minimum Gasteiger partial charge on any atom is -0.355 e. The van der Waals surface area contributed by atoms with Crippen LogP contribution < -0.4 is 16.0 Å². The lowest BCUT2D eigenvalue weighted by Gasteiger charge is -2.17. The number of nitrogens with zero attached hydrogens (tertiary/aromatic N) is 3. The van der Waals surface area contributed by atoms with Crippen LogP contribution in [0.5, 0.6) is 0 Å². The van der Waals surface area contributed by atoms with Gasteiger partial charge < -0.3 is 16.0 Å². The molecule has 182 valence electrons. The molecule has 3 N–H and O–H groups in total. The number of rotatable bonds is 6. The van der Waals surface area contributed by atoms with Gasteiger partial charge in [-0.25, -0.2) is 13.4 Å². The van der Waals surface area contributed by atoms with Crippen LogP contribution in [0.4, 0.5) is 23.1 Å². The molecule has 9 nitrogen and oxygen atoms in total. The lowest BCUT2D eigenvalue weighted by molar-refractivity contribution is 0.0964. The highest BCUT2D eigenvalue weighted by Crippen LogP contribution is 2.30. The van der Waals surface area contributed by atoms with E-state index in [1.165, 1.54) is 16.8 Å². The zero-order chi connectivity index (χ0) is 25.2. The molecule has 11 heteroatoms. The summed E-state index contributed by atoms with van der Waals surface area (Å²) in [5.41, 5.74) is 4.36. The van der Waals surface area contributed by atoms with Gasteiger partial charge in [0.15, 0.2) is 5.82 Å². The number of hydrogen-bond donors (Lipinski definition) is 3. The van der Waals surface area contributed by atoms with Crippen LogP contribution in [-0.2, 0) is 16.4 Å². The number of nitrogens with one attached hydrogen (secondary N) is 3. The Labute approximate surface area is 209 Å². The number of aromatic nitrogens is 2. The zero-order valence-corrected chi connectivity index (χ0v) is 20.9. The molecule has 0 saturated heterocycles. The van der Waals surface area contributed by atoms with E-state index in [4.69, 9.17) is 11.6 Å². The molecule has 0 radical (unpaired) electrons. The van der Waals surface area contributed by atoms with Gasteiger partial charge in [0.05, 0.1) is 23.7 Å². The summed E-state index contributed by atoms with van der Waals surface area (Å²) in [7, 11) is -1.75. The van der Waals surface area contributed by atoms with Crippen molar-refractivity contribution in [2.24, 2.45) is 0 Å². The fraction of sp³-hybridized carbons (Fsp3) is 0.208. The van der Waals surface area contributed by atoms with Crippen LogP contribution in [0.15, 0.2) is 55.2 Å². The Balaban J connectivity index is 1.58. The summed E-state index contributed by atoms with van der Waals surface area (Å²) in [5.74, 6) is 0.394. The van der Waals surface area contributed by atoms with Gasteiger partial charge in [-0.3, -0.25) is 4.79 Å². The van der Waals surface area contributed by atoms with Crippen molar-refractivity contribution in [2.75, 3.05) is 37.0 Å². The SMILES string of the molecule is C=C1CN(S(C)(=O)=O)CCc2ccc(Nc3ncc(Cl)c(Nc4ccccc4C(=O)NC)n3)cc21. The van der Waals surface area contributed by atoms with Crippen LogP contribution in [0.25, 0.3) is 5.57 Å². The van der Waals surface area contributed by atoms with Crippen LogP contribution in [0.2, 0.25) is 5.02 Å². The minimum absolute atomic E-state index is 0.240. The number of amides is 1. The Kier molecular flexibility index (Phi) is 7.06. The molecular weight excluding hydrogens is 488 g/mol. The van der Waals surface area contributed by atoms with E-state index in [1.807, 2.05) is 18.2 Å². The first-order chi connectivity index (χ1) is 16.7. The Hall–Kier alpha value is -3.47. The number of benzene rings is 2. The van der Waals surface area contributed by atoms with Crippen molar-refractivity contribution in [1.29, 1.82) is 0 Å². The van der Waals surface area contributed by atoms with Crippen LogP contribution >= 0.6 is 11.6 Å². The molecule has 0 aliphatic carbocycles. The highest BCUT2D eigenvalue weighted by atomic mass is 35.5. The molecule has 0 bridgehead atoms. The average molecular weight is 513 g/mol. The predicted molar refractivity (Wildman–Crippen MR) is 139 cm³/mol. The van der Waals surface area contributed by atoms with Gasteiger partial charge in [0, 0.05) is 25.8 Å². The van der Waals surface area contributed by atoms with E-state index in [2.05, 4.69) is 32.5 Å². The van der Waals surface area contributed by atoms with E-state index in [-0.39, 0.29) is 12.5 Å². The first-order valence-electron chi connectivity index (χ1n) is 10.8. The van der Waals surface area contributed by atoms with E-state index in [1.54, 1.807) is 31.3 Å². The normalized spacial score (nSPS) is 14.1. The molecule has 2 heterocycles. The van der Waals surface area contributed by atoms with Gasteiger partial charge in [-0.05, 0) is 47.4 Å². The molecule has 4 rings (SSSR count). The van der Waals surface area contributed by atoms with Crippen molar-refractivity contribution >= 4 is 56.2 Å². The Bertz CT molecular complexity index is 1410. The Morgan fingerprint density at radius 2 is 1.94 bits per heavy atom. The Morgan fingerprint density at radius 1 is 1.17 bits per heavy atom. The number of sulfonamides is 1. The first-order valence-corrected chi connectivity index (χ1v) is 13.0. The molecule has 0 unspecified atom stereocenters. The molecule has 3 aromatic rings. The number of para-hydroxylation sites is 1. The monoisotopic (exact) mass is 512 g/mol. The van der Waals surface area contributed by atoms with Gasteiger partial charge in [-0.15, -0.1) is 0 Å². The van der Waals surface area contributed by atoms with Crippen molar-refractivity contribution < 1.29 is 13.2 Å². The summed E-state index contributed by atoms with van der Waals surface area (Å²) in [6, 6.07) is 12.8. The average Bonchev–Trinajstić information content (AvgIpc) is 3.00. The fourth-order valence-electron chi connectivity index (χ4n) is 3.80. The van der Waals surface area contributed by atoms with Gasteiger partial charge >= 0.3 is 0 Å². The number of hydrogen-bond acceptors (Lipinski definition) is 7. The lowest BCUT2D eigenvalue weighted by Crippen LogP contribution is -2.31. The molecule has 1 aromatic heterocycles. The molecule has 1 aliphatic heterocycles. The predicted octanol–water partition coefficient (Wildman–Crippen LogP) is 3.81. The second-order valence-electron chi connectivity index (χ2n) is 8.09. The number of carbonyl (C=O) groups excluding carboxylic acids is 1. The smallest absolute Gasteiger partial charge is 0.253 e. The molecule has 0 atom stereocenters. The highest BCUT2D eigenvalue weighted by molar-refractivity contribution is 7.88. The Morgan fingerprint density at radius 3 is 2.69 bits per heavy atom. The van der Waals surface area contributed by atoms with E-state index < -0.39 is 10.0 Å². The summed E-state index contributed by atoms with van der Waals surface area (Å²) in [6.07, 6.45) is 3.27. The van der Waals surface area contributed by atoms with Gasteiger partial charge in [0.1, 0.15) is 5.02 Å². The summed E-state index contributed by atoms with van der Waals surface area (Å²) in [4.78, 5) is 20.9. The minimum atomic E-state index is -3.31. The number of fused-ring (bicyclic) bond motifs is 1. The molecule has 1 amide bonds. The van der Waals surface area contributed by atoms with Gasteiger partial charge in [0.2, 0.25) is 16.0 Å². The fourth-order valence-corrected chi connectivity index (χ4v) is 4.75.